The molecule has 0 aliphatic rings. The molecular formula is C20H21F3N2O2. The summed E-state index contributed by atoms with van der Waals surface area (Å²) in [5.41, 5.74) is -1.14. The van der Waals surface area contributed by atoms with Crippen LogP contribution in [0.15, 0.2) is 54.6 Å². The molecule has 0 saturated heterocycles. The lowest BCUT2D eigenvalue weighted by Gasteiger charge is -2.25. The van der Waals surface area contributed by atoms with Crippen LogP contribution in [0.5, 0.6) is 0 Å². The first-order chi connectivity index (χ1) is 12.5. The molecule has 0 heterocycles. The highest BCUT2D eigenvalue weighted by atomic mass is 19.4. The van der Waals surface area contributed by atoms with Crippen LogP contribution in [0, 0.1) is 5.41 Å². The lowest BCUT2D eigenvalue weighted by molar-refractivity contribution is -0.139. The van der Waals surface area contributed by atoms with Gasteiger partial charge in [0, 0.05) is 5.69 Å². The molecule has 0 bridgehead atoms. The number of amides is 2. The van der Waals surface area contributed by atoms with E-state index >= 15 is 0 Å². The summed E-state index contributed by atoms with van der Waals surface area (Å²) in [6.45, 7) is 4.72. The summed E-state index contributed by atoms with van der Waals surface area (Å²) in [5.74, 6) is -1.09. The van der Waals surface area contributed by atoms with Crippen molar-refractivity contribution in [1.29, 1.82) is 0 Å². The fourth-order valence-electron chi connectivity index (χ4n) is 2.34. The van der Waals surface area contributed by atoms with Gasteiger partial charge in [-0.05, 0) is 50.6 Å². The lowest BCUT2D eigenvalue weighted by atomic mass is 9.90. The second-order valence-electron chi connectivity index (χ2n) is 6.76. The van der Waals surface area contributed by atoms with E-state index in [1.807, 2.05) is 30.3 Å². The number of hydrogen-bond donors (Lipinski definition) is 2. The van der Waals surface area contributed by atoms with Crippen molar-refractivity contribution in [2.75, 3.05) is 5.32 Å². The van der Waals surface area contributed by atoms with E-state index in [2.05, 4.69) is 10.6 Å². The van der Waals surface area contributed by atoms with Gasteiger partial charge < -0.3 is 10.6 Å². The molecule has 2 amide bonds. The van der Waals surface area contributed by atoms with Gasteiger partial charge in [0.1, 0.15) is 5.41 Å². The smallest absolute Gasteiger partial charge is 0.349 e. The summed E-state index contributed by atoms with van der Waals surface area (Å²) < 4.78 is 37.8. The first-order valence-corrected chi connectivity index (χ1v) is 8.36. The van der Waals surface area contributed by atoms with Crippen LogP contribution >= 0.6 is 0 Å². The van der Waals surface area contributed by atoms with Crippen molar-refractivity contribution in [2.45, 2.75) is 33.0 Å². The highest BCUT2D eigenvalue weighted by Gasteiger charge is 2.37. The molecule has 1 atom stereocenters. The number of hydrogen-bond acceptors (Lipinski definition) is 2. The monoisotopic (exact) mass is 378 g/mol. The molecule has 7 heteroatoms. The number of rotatable bonds is 5. The van der Waals surface area contributed by atoms with Crippen molar-refractivity contribution < 1.29 is 22.8 Å². The maximum absolute atomic E-state index is 12.6. The normalized spacial score (nSPS) is 13.0. The second-order valence-corrected chi connectivity index (χ2v) is 6.76. The molecule has 2 aromatic carbocycles. The predicted molar refractivity (Wildman–Crippen MR) is 96.9 cm³/mol. The van der Waals surface area contributed by atoms with Crippen LogP contribution in [-0.4, -0.2) is 11.8 Å². The summed E-state index contributed by atoms with van der Waals surface area (Å²) in [6, 6.07) is 13.0. The fraction of sp³-hybridized carbons (Fsp3) is 0.300. The Morgan fingerprint density at radius 3 is 1.96 bits per heavy atom. The van der Waals surface area contributed by atoms with Crippen LogP contribution in [0.3, 0.4) is 0 Å². The highest BCUT2D eigenvalue weighted by molar-refractivity contribution is 6.09. The maximum Gasteiger partial charge on any atom is 0.416 e. The Balaban J connectivity index is 2.04. The number of benzene rings is 2. The molecule has 0 fully saturated rings. The molecule has 0 aromatic heterocycles. The van der Waals surface area contributed by atoms with Crippen molar-refractivity contribution >= 4 is 17.5 Å². The molecule has 4 nitrogen and oxygen atoms in total. The summed E-state index contributed by atoms with van der Waals surface area (Å²) in [5, 5.41) is 5.27. The average Bonchev–Trinajstić information content (AvgIpc) is 2.62. The number of carbonyl (C=O) groups excluding carboxylic acids is 2. The highest BCUT2D eigenvalue weighted by Crippen LogP contribution is 2.30. The van der Waals surface area contributed by atoms with Gasteiger partial charge >= 0.3 is 6.18 Å². The Hall–Kier alpha value is -2.83. The number of alkyl halides is 3. The Morgan fingerprint density at radius 2 is 1.44 bits per heavy atom. The van der Waals surface area contributed by atoms with E-state index in [1.165, 1.54) is 13.8 Å². The molecule has 2 N–H and O–H groups in total. The number of halogens is 3. The van der Waals surface area contributed by atoms with Gasteiger partial charge in [-0.2, -0.15) is 13.2 Å². The average molecular weight is 378 g/mol. The third-order valence-corrected chi connectivity index (χ3v) is 4.25. The van der Waals surface area contributed by atoms with Gasteiger partial charge in [0.2, 0.25) is 11.8 Å². The largest absolute Gasteiger partial charge is 0.416 e. The van der Waals surface area contributed by atoms with E-state index in [0.717, 1.165) is 29.8 Å². The second kappa shape index (κ2) is 7.82. The van der Waals surface area contributed by atoms with Gasteiger partial charge in [0.15, 0.2) is 0 Å². The van der Waals surface area contributed by atoms with Gasteiger partial charge in [-0.3, -0.25) is 9.59 Å². The van der Waals surface area contributed by atoms with Crippen molar-refractivity contribution in [3.8, 4) is 0 Å². The Morgan fingerprint density at radius 1 is 0.889 bits per heavy atom. The van der Waals surface area contributed by atoms with Gasteiger partial charge in [-0.1, -0.05) is 30.3 Å². The summed E-state index contributed by atoms with van der Waals surface area (Å²) in [6.07, 6.45) is -4.45. The molecule has 27 heavy (non-hydrogen) atoms. The van der Waals surface area contributed by atoms with Gasteiger partial charge in [0.25, 0.3) is 0 Å². The lowest BCUT2D eigenvalue weighted by Crippen LogP contribution is -2.45. The zero-order valence-electron chi connectivity index (χ0n) is 15.2. The van der Waals surface area contributed by atoms with Crippen molar-refractivity contribution in [1.82, 2.24) is 5.32 Å². The maximum atomic E-state index is 12.6. The van der Waals surface area contributed by atoms with E-state index in [1.54, 1.807) is 6.92 Å². The number of anilines is 1. The van der Waals surface area contributed by atoms with E-state index in [0.29, 0.717) is 0 Å². The third kappa shape index (κ3) is 5.09. The topological polar surface area (TPSA) is 58.2 Å². The molecule has 0 radical (unpaired) electrons. The molecular weight excluding hydrogens is 357 g/mol. The molecule has 0 spiro atoms. The quantitative estimate of drug-likeness (QED) is 0.750. The van der Waals surface area contributed by atoms with E-state index in [-0.39, 0.29) is 11.7 Å². The van der Waals surface area contributed by atoms with Crippen LogP contribution in [-0.2, 0) is 15.8 Å². The van der Waals surface area contributed by atoms with Crippen LogP contribution < -0.4 is 10.6 Å². The standard InChI is InChI=1S/C20H21F3N2O2/c1-13(14-7-5-4-6-8-14)24-17(26)19(2,3)18(27)25-16-11-9-15(10-12-16)20(21,22)23/h4-13H,1-3H3,(H,24,26)(H,25,27). The van der Waals surface area contributed by atoms with Crippen molar-refractivity contribution in [3.05, 3.63) is 65.7 Å². The van der Waals surface area contributed by atoms with Crippen LogP contribution in [0.2, 0.25) is 0 Å². The molecule has 0 aliphatic carbocycles. The van der Waals surface area contributed by atoms with E-state index in [4.69, 9.17) is 0 Å². The fourth-order valence-corrected chi connectivity index (χ4v) is 2.34. The molecule has 0 saturated carbocycles. The predicted octanol–water partition coefficient (Wildman–Crippen LogP) is 4.55. The molecule has 0 aliphatic heterocycles. The number of carbonyl (C=O) groups is 2. The number of nitrogens with one attached hydrogen (secondary N) is 2. The minimum Gasteiger partial charge on any atom is -0.349 e. The zero-order chi connectivity index (χ0) is 20.2. The van der Waals surface area contributed by atoms with Crippen LogP contribution in [0.4, 0.5) is 18.9 Å². The Kier molecular flexibility index (Phi) is 5.93. The first kappa shape index (κ1) is 20.5. The van der Waals surface area contributed by atoms with Crippen LogP contribution in [0.25, 0.3) is 0 Å². The van der Waals surface area contributed by atoms with Crippen molar-refractivity contribution in [3.63, 3.8) is 0 Å². The van der Waals surface area contributed by atoms with Gasteiger partial charge in [-0.15, -0.1) is 0 Å². The minimum absolute atomic E-state index is 0.185. The summed E-state index contributed by atoms with van der Waals surface area (Å²) >= 11 is 0. The molecule has 2 rings (SSSR count). The molecule has 1 unspecified atom stereocenters. The Labute approximate surface area is 155 Å². The first-order valence-electron chi connectivity index (χ1n) is 8.36. The molecule has 144 valence electrons. The van der Waals surface area contributed by atoms with Gasteiger partial charge in [-0.25, -0.2) is 0 Å². The summed E-state index contributed by atoms with van der Waals surface area (Å²) in [4.78, 5) is 25.0. The van der Waals surface area contributed by atoms with E-state index in [9.17, 15) is 22.8 Å². The summed E-state index contributed by atoms with van der Waals surface area (Å²) in [7, 11) is 0. The zero-order valence-corrected chi connectivity index (χ0v) is 15.2. The third-order valence-electron chi connectivity index (χ3n) is 4.25. The van der Waals surface area contributed by atoms with Gasteiger partial charge in [0.05, 0.1) is 11.6 Å². The SMILES string of the molecule is CC(NC(=O)C(C)(C)C(=O)Nc1ccc(C(F)(F)F)cc1)c1ccccc1. The van der Waals surface area contributed by atoms with Crippen molar-refractivity contribution in [2.24, 2.45) is 5.41 Å². The van der Waals surface area contributed by atoms with Crippen LogP contribution in [0.1, 0.15) is 37.9 Å². The minimum atomic E-state index is -4.45. The Bertz CT molecular complexity index is 800. The molecule has 2 aromatic rings. The van der Waals surface area contributed by atoms with E-state index < -0.39 is 29.0 Å².